The van der Waals surface area contributed by atoms with E-state index in [4.69, 9.17) is 0 Å². The normalized spacial score (nSPS) is 41.6. The van der Waals surface area contributed by atoms with Gasteiger partial charge in [0.25, 0.3) is 0 Å². The summed E-state index contributed by atoms with van der Waals surface area (Å²) in [5.74, 6) is 2.17. The fourth-order valence-corrected chi connectivity index (χ4v) is 3.55. The number of hydrogen-bond acceptors (Lipinski definition) is 2. The van der Waals surface area contributed by atoms with Crippen molar-refractivity contribution in [3.05, 3.63) is 0 Å². The van der Waals surface area contributed by atoms with Crippen molar-refractivity contribution in [3.8, 4) is 0 Å². The summed E-state index contributed by atoms with van der Waals surface area (Å²) in [7, 11) is 0. The summed E-state index contributed by atoms with van der Waals surface area (Å²) in [6, 6.07) is 0.683. The molecule has 3 rings (SSSR count). The minimum absolute atomic E-state index is 0.366. The molecule has 0 bridgehead atoms. The number of hydrogen-bond donors (Lipinski definition) is 1. The molecule has 17 heavy (non-hydrogen) atoms. The first-order valence-electron chi connectivity index (χ1n) is 7.28. The molecule has 0 radical (unpaired) electrons. The number of nitrogens with one attached hydrogen (secondary N) is 1. The monoisotopic (exact) mass is 236 g/mol. The molecule has 1 amide bonds. The molecule has 0 aromatic rings. The van der Waals surface area contributed by atoms with Crippen molar-refractivity contribution in [2.24, 2.45) is 17.8 Å². The molecule has 1 aliphatic carbocycles. The predicted molar refractivity (Wildman–Crippen MR) is 67.6 cm³/mol. The number of nitrogens with zero attached hydrogens (tertiary/aromatic N) is 1. The minimum Gasteiger partial charge on any atom is -0.342 e. The van der Waals surface area contributed by atoms with E-state index >= 15 is 0 Å². The van der Waals surface area contributed by atoms with Gasteiger partial charge < -0.3 is 10.2 Å². The summed E-state index contributed by atoms with van der Waals surface area (Å²) in [5.41, 5.74) is 0. The van der Waals surface area contributed by atoms with E-state index in [0.29, 0.717) is 29.7 Å². The molecule has 96 valence electrons. The van der Waals surface area contributed by atoms with Gasteiger partial charge >= 0.3 is 0 Å². The van der Waals surface area contributed by atoms with Gasteiger partial charge in [0.1, 0.15) is 0 Å². The molecule has 3 heteroatoms. The van der Waals surface area contributed by atoms with Crippen molar-refractivity contribution in [2.45, 2.75) is 45.1 Å². The summed E-state index contributed by atoms with van der Waals surface area (Å²) < 4.78 is 0. The Kier molecular flexibility index (Phi) is 3.12. The average molecular weight is 236 g/mol. The van der Waals surface area contributed by atoms with Gasteiger partial charge in [-0.25, -0.2) is 0 Å². The van der Waals surface area contributed by atoms with E-state index in [-0.39, 0.29) is 0 Å². The predicted octanol–water partition coefficient (Wildman–Crippen LogP) is 1.63. The maximum atomic E-state index is 12.2. The molecule has 3 nitrogen and oxygen atoms in total. The molecular weight excluding hydrogens is 212 g/mol. The second-order valence-electron chi connectivity index (χ2n) is 6.21. The topological polar surface area (TPSA) is 32.3 Å². The van der Waals surface area contributed by atoms with Gasteiger partial charge in [-0.15, -0.1) is 0 Å². The van der Waals surface area contributed by atoms with E-state index in [1.165, 1.54) is 32.2 Å². The lowest BCUT2D eigenvalue weighted by atomic mass is 9.89. The fraction of sp³-hybridized carbons (Fsp3) is 0.929. The molecule has 2 heterocycles. The maximum Gasteiger partial charge on any atom is 0.225 e. The zero-order valence-corrected chi connectivity index (χ0v) is 10.8. The molecule has 2 saturated heterocycles. The van der Waals surface area contributed by atoms with Crippen LogP contribution in [0.25, 0.3) is 0 Å². The van der Waals surface area contributed by atoms with Crippen LogP contribution < -0.4 is 5.32 Å². The molecule has 1 N–H and O–H groups in total. The fourth-order valence-electron chi connectivity index (χ4n) is 3.55. The van der Waals surface area contributed by atoms with Gasteiger partial charge in [-0.2, -0.15) is 0 Å². The molecule has 4 unspecified atom stereocenters. The van der Waals surface area contributed by atoms with E-state index in [9.17, 15) is 4.79 Å². The quantitative estimate of drug-likeness (QED) is 0.790. The van der Waals surface area contributed by atoms with Crippen LogP contribution in [-0.4, -0.2) is 36.5 Å². The number of carbonyl (C=O) groups excluding carboxylic acids is 1. The van der Waals surface area contributed by atoms with Crippen molar-refractivity contribution in [3.63, 3.8) is 0 Å². The van der Waals surface area contributed by atoms with Crippen molar-refractivity contribution in [2.75, 3.05) is 19.6 Å². The zero-order valence-electron chi connectivity index (χ0n) is 10.8. The molecule has 1 saturated carbocycles. The van der Waals surface area contributed by atoms with Crippen molar-refractivity contribution in [1.82, 2.24) is 10.2 Å². The third kappa shape index (κ3) is 2.35. The van der Waals surface area contributed by atoms with Crippen LogP contribution in [0.3, 0.4) is 0 Å². The standard InChI is InChI=1S/C14H24N2O/c1-10-8-12(10)14(17)16-7-3-4-11(9-16)13-5-2-6-15-13/h10-13,15H,2-9H2,1H3. The summed E-state index contributed by atoms with van der Waals surface area (Å²) in [6.07, 6.45) is 6.26. The van der Waals surface area contributed by atoms with Crippen LogP contribution in [0, 0.1) is 17.8 Å². The van der Waals surface area contributed by atoms with Gasteiger partial charge in [0.2, 0.25) is 5.91 Å². The Labute approximate surface area is 104 Å². The highest BCUT2D eigenvalue weighted by Crippen LogP contribution is 2.40. The number of likely N-dealkylation sites (tertiary alicyclic amines) is 1. The number of piperidine rings is 1. The van der Waals surface area contributed by atoms with Gasteiger partial charge in [0, 0.05) is 25.0 Å². The summed E-state index contributed by atoms with van der Waals surface area (Å²) in [4.78, 5) is 14.4. The van der Waals surface area contributed by atoms with Gasteiger partial charge in [0.05, 0.1) is 0 Å². The second kappa shape index (κ2) is 4.60. The van der Waals surface area contributed by atoms with Gasteiger partial charge in [-0.3, -0.25) is 4.79 Å². The smallest absolute Gasteiger partial charge is 0.225 e. The van der Waals surface area contributed by atoms with Crippen molar-refractivity contribution >= 4 is 5.91 Å². The van der Waals surface area contributed by atoms with Crippen LogP contribution in [-0.2, 0) is 4.79 Å². The van der Waals surface area contributed by atoms with Gasteiger partial charge in [-0.1, -0.05) is 6.92 Å². The molecule has 0 aromatic carbocycles. The highest BCUT2D eigenvalue weighted by molar-refractivity contribution is 5.81. The SMILES string of the molecule is CC1CC1C(=O)N1CCCC(C2CCCN2)C1. The number of amides is 1. The van der Waals surface area contributed by atoms with Crippen LogP contribution >= 0.6 is 0 Å². The van der Waals surface area contributed by atoms with E-state index in [0.717, 1.165) is 19.5 Å². The first kappa shape index (κ1) is 11.5. The van der Waals surface area contributed by atoms with Crippen LogP contribution in [0.4, 0.5) is 0 Å². The molecule has 4 atom stereocenters. The Bertz CT molecular complexity index is 299. The first-order valence-corrected chi connectivity index (χ1v) is 7.28. The largest absolute Gasteiger partial charge is 0.342 e. The minimum atomic E-state index is 0.366. The zero-order chi connectivity index (χ0) is 11.8. The van der Waals surface area contributed by atoms with Crippen LogP contribution in [0.2, 0.25) is 0 Å². The Hall–Kier alpha value is -0.570. The lowest BCUT2D eigenvalue weighted by molar-refractivity contribution is -0.134. The summed E-state index contributed by atoms with van der Waals surface area (Å²) >= 11 is 0. The average Bonchev–Trinajstić information content (AvgIpc) is 2.87. The maximum absolute atomic E-state index is 12.2. The molecule has 3 fully saturated rings. The first-order chi connectivity index (χ1) is 8.25. The summed E-state index contributed by atoms with van der Waals surface area (Å²) in [6.45, 7) is 5.39. The van der Waals surface area contributed by atoms with E-state index in [2.05, 4.69) is 17.1 Å². The van der Waals surface area contributed by atoms with Gasteiger partial charge in [-0.05, 0) is 50.5 Å². The Morgan fingerprint density at radius 2 is 2.12 bits per heavy atom. The van der Waals surface area contributed by atoms with E-state index < -0.39 is 0 Å². The number of carbonyl (C=O) groups is 1. The Morgan fingerprint density at radius 1 is 1.29 bits per heavy atom. The van der Waals surface area contributed by atoms with Gasteiger partial charge in [0.15, 0.2) is 0 Å². The molecule has 0 aromatic heterocycles. The Balaban J connectivity index is 1.57. The lowest BCUT2D eigenvalue weighted by Crippen LogP contribution is -2.46. The Morgan fingerprint density at radius 3 is 2.76 bits per heavy atom. The van der Waals surface area contributed by atoms with Crippen LogP contribution in [0.5, 0.6) is 0 Å². The van der Waals surface area contributed by atoms with Crippen LogP contribution in [0.1, 0.15) is 39.0 Å². The van der Waals surface area contributed by atoms with Crippen LogP contribution in [0.15, 0.2) is 0 Å². The summed E-state index contributed by atoms with van der Waals surface area (Å²) in [5, 5.41) is 3.60. The molecule has 0 spiro atoms. The third-order valence-electron chi connectivity index (χ3n) is 4.86. The second-order valence-corrected chi connectivity index (χ2v) is 6.21. The molecular formula is C14H24N2O. The van der Waals surface area contributed by atoms with Crippen molar-refractivity contribution < 1.29 is 4.79 Å². The lowest BCUT2D eigenvalue weighted by Gasteiger charge is -2.36. The number of rotatable bonds is 2. The highest BCUT2D eigenvalue weighted by Gasteiger charge is 2.42. The third-order valence-corrected chi connectivity index (χ3v) is 4.86. The highest BCUT2D eigenvalue weighted by atomic mass is 16.2. The van der Waals surface area contributed by atoms with E-state index in [1.54, 1.807) is 0 Å². The molecule has 3 aliphatic rings. The van der Waals surface area contributed by atoms with Crippen molar-refractivity contribution in [1.29, 1.82) is 0 Å². The molecule has 2 aliphatic heterocycles. The van der Waals surface area contributed by atoms with E-state index in [1.807, 2.05) is 0 Å².